The lowest BCUT2D eigenvalue weighted by Crippen LogP contribution is -2.40. The highest BCUT2D eigenvalue weighted by molar-refractivity contribution is 5.95. The van der Waals surface area contributed by atoms with Crippen molar-refractivity contribution in [3.63, 3.8) is 0 Å². The van der Waals surface area contributed by atoms with E-state index in [1.54, 1.807) is 0 Å². The van der Waals surface area contributed by atoms with E-state index in [0.29, 0.717) is 19.6 Å². The number of carbonyl (C=O) groups excluding carboxylic acids is 1. The largest absolute Gasteiger partial charge is 0.336 e. The van der Waals surface area contributed by atoms with Crippen LogP contribution in [0.25, 0.3) is 16.3 Å². The Labute approximate surface area is 159 Å². The number of carbonyl (C=O) groups is 1. The summed E-state index contributed by atoms with van der Waals surface area (Å²) in [5.41, 5.74) is 4.60. The zero-order valence-corrected chi connectivity index (χ0v) is 15.8. The van der Waals surface area contributed by atoms with Gasteiger partial charge in [0.25, 0.3) is 0 Å². The number of fused-ring (bicyclic) bond motifs is 1. The number of hydrogen-bond donors (Lipinski definition) is 1. The van der Waals surface area contributed by atoms with Crippen LogP contribution in [0.2, 0.25) is 0 Å². The Morgan fingerprint density at radius 3 is 2.78 bits per heavy atom. The number of benzene rings is 2. The van der Waals surface area contributed by atoms with Crippen LogP contribution in [0, 0.1) is 13.8 Å². The smallest absolute Gasteiger partial charge is 0.318 e. The van der Waals surface area contributed by atoms with Crippen LogP contribution in [0.1, 0.15) is 17.0 Å². The van der Waals surface area contributed by atoms with Crippen molar-refractivity contribution in [3.8, 4) is 0 Å². The maximum atomic E-state index is 12.5. The zero-order valence-electron chi connectivity index (χ0n) is 15.8. The minimum absolute atomic E-state index is 0.0176. The number of urea groups is 1. The van der Waals surface area contributed by atoms with Gasteiger partial charge in [0.05, 0.1) is 12.0 Å². The molecule has 1 aromatic heterocycles. The lowest BCUT2D eigenvalue weighted by molar-refractivity contribution is 0.210. The van der Waals surface area contributed by atoms with Gasteiger partial charge in [0.1, 0.15) is 0 Å². The lowest BCUT2D eigenvalue weighted by atomic mass is 9.99. The van der Waals surface area contributed by atoms with Crippen LogP contribution >= 0.6 is 0 Å². The summed E-state index contributed by atoms with van der Waals surface area (Å²) >= 11 is 0. The number of hydrogen-bond acceptors (Lipinski definition) is 2. The van der Waals surface area contributed by atoms with Gasteiger partial charge in [-0.3, -0.25) is 0 Å². The number of aromatic nitrogens is 2. The van der Waals surface area contributed by atoms with Crippen LogP contribution in [0.5, 0.6) is 0 Å². The highest BCUT2D eigenvalue weighted by Crippen LogP contribution is 2.28. The van der Waals surface area contributed by atoms with Gasteiger partial charge in [-0.1, -0.05) is 48.5 Å². The van der Waals surface area contributed by atoms with Crippen molar-refractivity contribution >= 4 is 22.4 Å². The van der Waals surface area contributed by atoms with Gasteiger partial charge in [0, 0.05) is 31.9 Å². The first-order valence-corrected chi connectivity index (χ1v) is 9.32. The summed E-state index contributed by atoms with van der Waals surface area (Å²) < 4.78 is 2.07. The van der Waals surface area contributed by atoms with Gasteiger partial charge in [-0.05, 0) is 35.8 Å². The molecule has 5 heteroatoms. The molecule has 4 rings (SSSR count). The molecule has 0 fully saturated rings. The Kier molecular flexibility index (Phi) is 4.67. The molecule has 5 nitrogen and oxygen atoms in total. The Morgan fingerprint density at radius 1 is 1.15 bits per heavy atom. The summed E-state index contributed by atoms with van der Waals surface area (Å²) in [6.45, 7) is 6.65. The van der Waals surface area contributed by atoms with Gasteiger partial charge >= 0.3 is 6.03 Å². The van der Waals surface area contributed by atoms with E-state index in [0.717, 1.165) is 17.9 Å². The van der Waals surface area contributed by atoms with Gasteiger partial charge in [-0.15, -0.1) is 0 Å². The second-order valence-corrected chi connectivity index (χ2v) is 6.98. The molecular formula is C22H24N4O. The quantitative estimate of drug-likeness (QED) is 0.770. The van der Waals surface area contributed by atoms with E-state index in [-0.39, 0.29) is 6.03 Å². The molecule has 1 N–H and O–H groups in total. The fraction of sp³-hybridized carbons (Fsp3) is 0.273. The van der Waals surface area contributed by atoms with Crippen molar-refractivity contribution in [3.05, 3.63) is 71.8 Å². The van der Waals surface area contributed by atoms with Gasteiger partial charge in [-0.25, -0.2) is 9.78 Å². The standard InChI is InChI=1S/C22H24N4O/c1-16-17(2)26(15-24-16)13-11-23-22(27)25-12-10-19(14-25)21-9-5-7-18-6-3-4-8-20(18)21/h3-10,15H,11-14H2,1-2H3,(H,23,27). The molecule has 138 valence electrons. The van der Waals surface area contributed by atoms with E-state index in [1.807, 2.05) is 25.1 Å². The molecule has 0 bridgehead atoms. The second-order valence-electron chi connectivity index (χ2n) is 6.98. The zero-order chi connectivity index (χ0) is 18.8. The predicted molar refractivity (Wildman–Crippen MR) is 109 cm³/mol. The summed E-state index contributed by atoms with van der Waals surface area (Å²) in [5.74, 6) is 0. The van der Waals surface area contributed by atoms with Crippen LogP contribution in [0.4, 0.5) is 4.79 Å². The Bertz CT molecular complexity index is 1010. The van der Waals surface area contributed by atoms with Crippen LogP contribution in [-0.2, 0) is 6.54 Å². The van der Waals surface area contributed by atoms with Crippen molar-refractivity contribution in [1.82, 2.24) is 19.8 Å². The van der Waals surface area contributed by atoms with Crippen LogP contribution in [0.3, 0.4) is 0 Å². The minimum Gasteiger partial charge on any atom is -0.336 e. The fourth-order valence-electron chi connectivity index (χ4n) is 3.58. The van der Waals surface area contributed by atoms with Gasteiger partial charge in [-0.2, -0.15) is 0 Å². The summed E-state index contributed by atoms with van der Waals surface area (Å²) in [6.07, 6.45) is 3.98. The molecule has 0 saturated heterocycles. The van der Waals surface area contributed by atoms with Crippen LogP contribution in [-0.4, -0.2) is 40.1 Å². The molecule has 0 atom stereocenters. The predicted octanol–water partition coefficient (Wildman–Crippen LogP) is 3.76. The third-order valence-electron chi connectivity index (χ3n) is 5.32. The maximum Gasteiger partial charge on any atom is 0.318 e. The fourth-order valence-corrected chi connectivity index (χ4v) is 3.58. The molecule has 0 aliphatic carbocycles. The Balaban J connectivity index is 1.37. The van der Waals surface area contributed by atoms with Crippen molar-refractivity contribution < 1.29 is 4.79 Å². The molecule has 27 heavy (non-hydrogen) atoms. The van der Waals surface area contributed by atoms with E-state index in [2.05, 4.69) is 63.4 Å². The first-order valence-electron chi connectivity index (χ1n) is 9.32. The highest BCUT2D eigenvalue weighted by Gasteiger charge is 2.21. The normalized spacial score (nSPS) is 13.9. The number of nitrogens with one attached hydrogen (secondary N) is 1. The number of amides is 2. The third kappa shape index (κ3) is 3.45. The van der Waals surface area contributed by atoms with Gasteiger partial charge in [0.15, 0.2) is 0 Å². The van der Waals surface area contributed by atoms with Crippen LogP contribution < -0.4 is 5.32 Å². The highest BCUT2D eigenvalue weighted by atomic mass is 16.2. The molecule has 2 heterocycles. The average Bonchev–Trinajstić information content (AvgIpc) is 3.30. The van der Waals surface area contributed by atoms with Crippen molar-refractivity contribution in [2.45, 2.75) is 20.4 Å². The molecule has 0 saturated carbocycles. The molecule has 0 unspecified atom stereocenters. The van der Waals surface area contributed by atoms with E-state index >= 15 is 0 Å². The van der Waals surface area contributed by atoms with E-state index < -0.39 is 0 Å². The second kappa shape index (κ2) is 7.27. The number of imidazole rings is 1. The first-order chi connectivity index (χ1) is 13.1. The van der Waals surface area contributed by atoms with Gasteiger partial charge in [0.2, 0.25) is 0 Å². The summed E-state index contributed by atoms with van der Waals surface area (Å²) in [5, 5.41) is 5.49. The topological polar surface area (TPSA) is 50.2 Å². The molecule has 2 aromatic carbocycles. The summed E-state index contributed by atoms with van der Waals surface area (Å²) in [6, 6.07) is 14.7. The third-order valence-corrected chi connectivity index (χ3v) is 5.32. The first kappa shape index (κ1) is 17.3. The van der Waals surface area contributed by atoms with Crippen molar-refractivity contribution in [2.24, 2.45) is 0 Å². The molecule has 1 aliphatic rings. The SMILES string of the molecule is Cc1ncn(CCNC(=O)N2CC=C(c3cccc4ccccc34)C2)c1C. The lowest BCUT2D eigenvalue weighted by Gasteiger charge is -2.18. The molecule has 0 spiro atoms. The summed E-state index contributed by atoms with van der Waals surface area (Å²) in [4.78, 5) is 18.7. The molecular weight excluding hydrogens is 336 g/mol. The van der Waals surface area contributed by atoms with Crippen molar-refractivity contribution in [2.75, 3.05) is 19.6 Å². The molecule has 1 aliphatic heterocycles. The average molecular weight is 360 g/mol. The van der Waals surface area contributed by atoms with Gasteiger partial charge < -0.3 is 14.8 Å². The number of rotatable bonds is 4. The molecule has 0 radical (unpaired) electrons. The van der Waals surface area contributed by atoms with E-state index in [9.17, 15) is 4.79 Å². The minimum atomic E-state index is -0.0176. The monoisotopic (exact) mass is 360 g/mol. The van der Waals surface area contributed by atoms with E-state index in [1.165, 1.54) is 21.9 Å². The summed E-state index contributed by atoms with van der Waals surface area (Å²) in [7, 11) is 0. The number of nitrogens with zero attached hydrogens (tertiary/aromatic N) is 3. The molecule has 2 amide bonds. The van der Waals surface area contributed by atoms with Crippen molar-refractivity contribution in [1.29, 1.82) is 0 Å². The Hall–Kier alpha value is -3.08. The Morgan fingerprint density at radius 2 is 1.96 bits per heavy atom. The van der Waals surface area contributed by atoms with E-state index in [4.69, 9.17) is 0 Å². The number of aryl methyl sites for hydroxylation is 1. The van der Waals surface area contributed by atoms with Crippen LogP contribution in [0.15, 0.2) is 54.9 Å². The maximum absolute atomic E-state index is 12.5. The molecule has 3 aromatic rings.